The van der Waals surface area contributed by atoms with Crippen LogP contribution in [0, 0.1) is 5.82 Å². The summed E-state index contributed by atoms with van der Waals surface area (Å²) in [6, 6.07) is 6.88. The van der Waals surface area contributed by atoms with Crippen LogP contribution in [0.25, 0.3) is 10.9 Å². The van der Waals surface area contributed by atoms with Crippen LogP contribution in [-0.2, 0) is 4.74 Å². The second kappa shape index (κ2) is 9.09. The number of benzene rings is 2. The zero-order valence-electron chi connectivity index (χ0n) is 20.7. The number of hydrogen-bond donors (Lipinski definition) is 1. The highest BCUT2D eigenvalue weighted by molar-refractivity contribution is 6.31. The molecule has 5 rings (SSSR count). The quantitative estimate of drug-likeness (QED) is 0.531. The van der Waals surface area contributed by atoms with Crippen molar-refractivity contribution in [3.8, 4) is 11.5 Å². The molecule has 3 heterocycles. The van der Waals surface area contributed by atoms with Gasteiger partial charge in [0.1, 0.15) is 12.1 Å². The highest BCUT2D eigenvalue weighted by atomic mass is 35.5. The molecule has 2 aliphatic rings. The number of nitrogens with zero attached hydrogens (tertiary/aromatic N) is 3. The molecule has 0 saturated carbocycles. The first kappa shape index (κ1) is 19.5. The summed E-state index contributed by atoms with van der Waals surface area (Å²) in [5, 5.41) is 2.97. The van der Waals surface area contributed by atoms with E-state index in [0.29, 0.717) is 19.8 Å². The van der Waals surface area contributed by atoms with Gasteiger partial charge in [0.2, 0.25) is 0 Å². The summed E-state index contributed by atoms with van der Waals surface area (Å²) in [4.78, 5) is 9.92. The molecule has 2 fully saturated rings. The number of likely N-dealkylation sites (tertiary alicyclic amines) is 1. The zero-order chi connectivity index (χ0) is 26.4. The molecule has 180 valence electrons. The number of fused-ring (bicyclic) bond motifs is 1. The fraction of sp³-hybridized carbons (Fsp3) is 0.391. The van der Waals surface area contributed by atoms with Gasteiger partial charge in [-0.3, -0.25) is 4.90 Å². The van der Waals surface area contributed by atoms with Crippen molar-refractivity contribution in [2.24, 2.45) is 0 Å². The van der Waals surface area contributed by atoms with Crippen molar-refractivity contribution in [1.29, 1.82) is 0 Å². The summed E-state index contributed by atoms with van der Waals surface area (Å²) in [5.74, 6) is -4.31. The summed E-state index contributed by atoms with van der Waals surface area (Å²) in [6.45, 7) is 0.664. The maximum absolute atomic E-state index is 15.1. The van der Waals surface area contributed by atoms with Crippen LogP contribution in [0.2, 0.25) is 5.02 Å². The highest BCUT2D eigenvalue weighted by Gasteiger charge is 2.48. The number of halogens is 4. The van der Waals surface area contributed by atoms with Crippen LogP contribution >= 0.6 is 11.6 Å². The van der Waals surface area contributed by atoms with E-state index >= 15 is 8.78 Å². The summed E-state index contributed by atoms with van der Waals surface area (Å²) in [6.07, 6.45) is -0.354. The van der Waals surface area contributed by atoms with Crippen LogP contribution in [0.4, 0.5) is 24.7 Å². The number of piperidine rings is 1. The molecule has 1 atom stereocenters. The molecule has 0 amide bonds. The molecule has 34 heavy (non-hydrogen) atoms. The lowest BCUT2D eigenvalue weighted by Crippen LogP contribution is -2.60. The number of alkyl halides is 2. The molecule has 7 nitrogen and oxygen atoms in total. The van der Waals surface area contributed by atoms with Gasteiger partial charge >= 0.3 is 0 Å². The number of aromatic nitrogens is 2. The van der Waals surface area contributed by atoms with Crippen molar-refractivity contribution in [2.75, 3.05) is 38.7 Å². The Labute approximate surface area is 203 Å². The molecule has 0 radical (unpaired) electrons. The van der Waals surface area contributed by atoms with E-state index in [2.05, 4.69) is 15.3 Å². The molecule has 2 aromatic carbocycles. The predicted molar refractivity (Wildman–Crippen MR) is 121 cm³/mol. The van der Waals surface area contributed by atoms with Crippen LogP contribution < -0.4 is 14.8 Å². The summed E-state index contributed by atoms with van der Waals surface area (Å²) in [7, 11) is -2.88. The largest absolute Gasteiger partial charge is 0.493 e. The SMILES string of the molecule is [2H]C([2H])([2H])Oc1cc2ncnc(Nc3cccc(Cl)c3F)c2cc1O[C@H]1CCN(C2COC2)CC1(F)F. The summed E-state index contributed by atoms with van der Waals surface area (Å²) in [5.41, 5.74) is 0.245. The van der Waals surface area contributed by atoms with Gasteiger partial charge in [0, 0.05) is 24.4 Å². The minimum absolute atomic E-state index is 0.00112. The maximum atomic E-state index is 15.1. The minimum Gasteiger partial charge on any atom is -0.493 e. The number of methoxy groups -OCH3 is 1. The summed E-state index contributed by atoms with van der Waals surface area (Å²) < 4.78 is 83.1. The van der Waals surface area contributed by atoms with E-state index in [1.165, 1.54) is 36.7 Å². The van der Waals surface area contributed by atoms with Crippen LogP contribution in [0.3, 0.4) is 0 Å². The Morgan fingerprint density at radius 2 is 2.12 bits per heavy atom. The van der Waals surface area contributed by atoms with Crippen LogP contribution in [0.1, 0.15) is 10.5 Å². The number of hydrogen-bond acceptors (Lipinski definition) is 7. The number of anilines is 2. The molecule has 2 aliphatic heterocycles. The molecular formula is C23H22ClF3N4O3. The molecule has 1 N–H and O–H groups in total. The van der Waals surface area contributed by atoms with Crippen molar-refractivity contribution in [3.05, 3.63) is 47.5 Å². The number of ether oxygens (including phenoxy) is 3. The second-order valence-electron chi connectivity index (χ2n) is 8.18. The first-order chi connectivity index (χ1) is 17.5. The van der Waals surface area contributed by atoms with E-state index in [1.807, 2.05) is 0 Å². The van der Waals surface area contributed by atoms with Crippen molar-refractivity contribution in [1.82, 2.24) is 14.9 Å². The molecule has 3 aromatic rings. The minimum atomic E-state index is -3.22. The normalized spacial score (nSPS) is 22.4. The Morgan fingerprint density at radius 1 is 1.26 bits per heavy atom. The lowest BCUT2D eigenvalue weighted by atomic mass is 10.0. The first-order valence-corrected chi connectivity index (χ1v) is 10.9. The smallest absolute Gasteiger partial charge is 0.296 e. The van der Waals surface area contributed by atoms with E-state index in [0.717, 1.165) is 0 Å². The average Bonchev–Trinajstić information content (AvgIpc) is 2.77. The highest BCUT2D eigenvalue weighted by Crippen LogP contribution is 2.39. The molecule has 11 heteroatoms. The number of rotatable bonds is 6. The Morgan fingerprint density at radius 3 is 2.85 bits per heavy atom. The van der Waals surface area contributed by atoms with Gasteiger partial charge in [-0.25, -0.2) is 23.1 Å². The molecule has 0 unspecified atom stereocenters. The van der Waals surface area contributed by atoms with E-state index in [-0.39, 0.29) is 51.4 Å². The van der Waals surface area contributed by atoms with E-state index in [9.17, 15) is 4.39 Å². The molecule has 1 aromatic heterocycles. The Bertz CT molecular complexity index is 1310. The summed E-state index contributed by atoms with van der Waals surface area (Å²) >= 11 is 5.86. The third kappa shape index (κ3) is 4.33. The van der Waals surface area contributed by atoms with Gasteiger partial charge in [-0.05, 0) is 18.2 Å². The third-order valence-corrected chi connectivity index (χ3v) is 6.28. The van der Waals surface area contributed by atoms with Crippen LogP contribution in [0.15, 0.2) is 36.7 Å². The van der Waals surface area contributed by atoms with Crippen LogP contribution in [0.5, 0.6) is 11.5 Å². The molecule has 0 spiro atoms. The Balaban J connectivity index is 1.50. The van der Waals surface area contributed by atoms with Crippen molar-refractivity contribution >= 4 is 34.0 Å². The maximum Gasteiger partial charge on any atom is 0.296 e. The van der Waals surface area contributed by atoms with Gasteiger partial charge in [-0.15, -0.1) is 0 Å². The molecular weight excluding hydrogens is 473 g/mol. The standard InChI is InChI=1S/C23H22ClF3N4O3/c1-32-18-8-17-14(22(29-12-28-17)30-16-4-2-3-15(24)21(16)25)7-19(18)34-20-5-6-31(11-23(20,26)27)13-9-33-10-13/h2-4,7-8,12-13,20H,5-6,9-11H2,1H3,(H,28,29,30)/t20-/m0/s1/i1D3. The van der Waals surface area contributed by atoms with Gasteiger partial charge in [-0.2, -0.15) is 0 Å². The second-order valence-corrected chi connectivity index (χ2v) is 8.59. The third-order valence-electron chi connectivity index (χ3n) is 5.99. The molecule has 2 saturated heterocycles. The fourth-order valence-electron chi connectivity index (χ4n) is 4.05. The first-order valence-electron chi connectivity index (χ1n) is 12.1. The molecule has 0 aliphatic carbocycles. The zero-order valence-corrected chi connectivity index (χ0v) is 18.5. The van der Waals surface area contributed by atoms with Crippen molar-refractivity contribution in [2.45, 2.75) is 24.5 Å². The monoisotopic (exact) mass is 497 g/mol. The van der Waals surface area contributed by atoms with Crippen LogP contribution in [-0.4, -0.2) is 66.3 Å². The Hall–Kier alpha value is -2.82. The van der Waals surface area contributed by atoms with Gasteiger partial charge in [-0.1, -0.05) is 17.7 Å². The average molecular weight is 498 g/mol. The predicted octanol–water partition coefficient (Wildman–Crippen LogP) is 4.66. The van der Waals surface area contributed by atoms with E-state index < -0.39 is 31.4 Å². The molecule has 0 bridgehead atoms. The Kier molecular flexibility index (Phi) is 5.21. The number of nitrogens with one attached hydrogen (secondary N) is 1. The van der Waals surface area contributed by atoms with E-state index in [1.54, 1.807) is 4.90 Å². The van der Waals surface area contributed by atoms with Crippen molar-refractivity contribution < 1.29 is 31.5 Å². The topological polar surface area (TPSA) is 68.7 Å². The van der Waals surface area contributed by atoms with Gasteiger partial charge < -0.3 is 19.5 Å². The van der Waals surface area contributed by atoms with E-state index in [4.69, 9.17) is 29.9 Å². The lowest BCUT2D eigenvalue weighted by molar-refractivity contribution is -0.170. The fourth-order valence-corrected chi connectivity index (χ4v) is 4.23. The van der Waals surface area contributed by atoms with Gasteiger partial charge in [0.25, 0.3) is 5.92 Å². The van der Waals surface area contributed by atoms with Crippen molar-refractivity contribution in [3.63, 3.8) is 0 Å². The van der Waals surface area contributed by atoms with Gasteiger partial charge in [0.05, 0.1) is 53.2 Å². The lowest BCUT2D eigenvalue weighted by Gasteiger charge is -2.44. The van der Waals surface area contributed by atoms with Gasteiger partial charge in [0.15, 0.2) is 23.4 Å².